The summed E-state index contributed by atoms with van der Waals surface area (Å²) < 4.78 is 0. The predicted molar refractivity (Wildman–Crippen MR) is 46.4 cm³/mol. The van der Waals surface area contributed by atoms with Gasteiger partial charge in [0.15, 0.2) is 0 Å². The molecule has 1 amide bonds. The Kier molecular flexibility index (Phi) is 4.86. The van der Waals surface area contributed by atoms with Gasteiger partial charge in [-0.2, -0.15) is 0 Å². The quantitative estimate of drug-likeness (QED) is 0.639. The van der Waals surface area contributed by atoms with Crippen molar-refractivity contribution in [1.29, 1.82) is 0 Å². The van der Waals surface area contributed by atoms with Crippen LogP contribution in [-0.4, -0.2) is 38.0 Å². The highest BCUT2D eigenvalue weighted by atomic mass is 16.1. The van der Waals surface area contributed by atoms with Crippen LogP contribution in [0.1, 0.15) is 13.8 Å². The van der Waals surface area contributed by atoms with Crippen molar-refractivity contribution in [3.63, 3.8) is 0 Å². The zero-order chi connectivity index (χ0) is 8.85. The molecule has 0 bridgehead atoms. The van der Waals surface area contributed by atoms with Crippen molar-refractivity contribution >= 4 is 5.91 Å². The molecule has 0 aliphatic carbocycles. The van der Waals surface area contributed by atoms with Crippen LogP contribution in [0.5, 0.6) is 0 Å². The minimum atomic E-state index is 0.101. The van der Waals surface area contributed by atoms with Gasteiger partial charge in [0.25, 0.3) is 0 Å². The monoisotopic (exact) mass is 158 g/mol. The Morgan fingerprint density at radius 2 is 2.00 bits per heavy atom. The molecule has 11 heavy (non-hydrogen) atoms. The maximum absolute atomic E-state index is 11.0. The van der Waals surface area contributed by atoms with Gasteiger partial charge >= 0.3 is 0 Å². The zero-order valence-electron chi connectivity index (χ0n) is 7.85. The lowest BCUT2D eigenvalue weighted by molar-refractivity contribution is -0.121. The maximum atomic E-state index is 11.0. The summed E-state index contributed by atoms with van der Waals surface area (Å²) in [6, 6.07) is 0. The largest absolute Gasteiger partial charge is 0.355 e. The van der Waals surface area contributed by atoms with Gasteiger partial charge in [0.1, 0.15) is 0 Å². The Hall–Kier alpha value is -0.570. The summed E-state index contributed by atoms with van der Waals surface area (Å²) in [5.74, 6) is 0.629. The lowest BCUT2D eigenvalue weighted by Crippen LogP contribution is -2.35. The number of hydrogen-bond acceptors (Lipinski definition) is 2. The first-order valence-electron chi connectivity index (χ1n) is 3.93. The van der Waals surface area contributed by atoms with Gasteiger partial charge in [-0.05, 0) is 20.0 Å². The van der Waals surface area contributed by atoms with E-state index in [1.807, 2.05) is 19.0 Å². The molecule has 0 heterocycles. The fraction of sp³-hybridized carbons (Fsp3) is 0.875. The molecular weight excluding hydrogens is 140 g/mol. The van der Waals surface area contributed by atoms with Crippen LogP contribution >= 0.6 is 0 Å². The summed E-state index contributed by atoms with van der Waals surface area (Å²) in [4.78, 5) is 12.9. The number of rotatable bonds is 4. The maximum Gasteiger partial charge on any atom is 0.234 e. The number of carbonyl (C=O) groups excluding carboxylic acids is 1. The first kappa shape index (κ1) is 10.4. The van der Waals surface area contributed by atoms with E-state index in [4.69, 9.17) is 0 Å². The molecule has 0 radical (unpaired) electrons. The number of nitrogens with one attached hydrogen (secondary N) is 1. The van der Waals surface area contributed by atoms with E-state index in [0.717, 1.165) is 6.54 Å². The van der Waals surface area contributed by atoms with Crippen molar-refractivity contribution < 1.29 is 4.79 Å². The van der Waals surface area contributed by atoms with E-state index in [1.165, 1.54) is 0 Å². The molecule has 0 aliphatic rings. The van der Waals surface area contributed by atoms with Crippen LogP contribution in [0.25, 0.3) is 0 Å². The van der Waals surface area contributed by atoms with E-state index in [9.17, 15) is 4.79 Å². The molecule has 0 aromatic carbocycles. The van der Waals surface area contributed by atoms with Gasteiger partial charge in [0, 0.05) is 6.54 Å². The van der Waals surface area contributed by atoms with Gasteiger partial charge in [-0.15, -0.1) is 0 Å². The molecule has 66 valence electrons. The van der Waals surface area contributed by atoms with Crippen molar-refractivity contribution in [2.75, 3.05) is 27.2 Å². The highest BCUT2D eigenvalue weighted by molar-refractivity contribution is 5.77. The van der Waals surface area contributed by atoms with Gasteiger partial charge in [-0.3, -0.25) is 4.79 Å². The van der Waals surface area contributed by atoms with Crippen molar-refractivity contribution in [3.05, 3.63) is 0 Å². The highest BCUT2D eigenvalue weighted by Crippen LogP contribution is 1.86. The van der Waals surface area contributed by atoms with Crippen LogP contribution in [0.4, 0.5) is 0 Å². The molecule has 0 aromatic rings. The fourth-order valence-electron chi connectivity index (χ4n) is 0.661. The van der Waals surface area contributed by atoms with Crippen molar-refractivity contribution in [2.45, 2.75) is 13.8 Å². The summed E-state index contributed by atoms with van der Waals surface area (Å²) in [5.41, 5.74) is 0. The van der Waals surface area contributed by atoms with E-state index < -0.39 is 0 Å². The summed E-state index contributed by atoms with van der Waals surface area (Å²) in [6.07, 6.45) is 0. The van der Waals surface area contributed by atoms with Crippen LogP contribution in [0.2, 0.25) is 0 Å². The Morgan fingerprint density at radius 1 is 1.45 bits per heavy atom. The normalized spacial score (nSPS) is 10.7. The van der Waals surface area contributed by atoms with Gasteiger partial charge < -0.3 is 10.2 Å². The van der Waals surface area contributed by atoms with Crippen LogP contribution < -0.4 is 5.32 Å². The van der Waals surface area contributed by atoms with Crippen LogP contribution in [-0.2, 0) is 4.79 Å². The molecule has 3 heteroatoms. The average Bonchev–Trinajstić information content (AvgIpc) is 1.82. The molecule has 3 nitrogen and oxygen atoms in total. The molecule has 1 N–H and O–H groups in total. The first-order valence-corrected chi connectivity index (χ1v) is 3.93. The summed E-state index contributed by atoms with van der Waals surface area (Å²) in [6.45, 7) is 5.41. The summed E-state index contributed by atoms with van der Waals surface area (Å²) in [7, 11) is 3.77. The molecule has 0 rings (SSSR count). The first-order chi connectivity index (χ1) is 5.02. The molecule has 0 atom stereocenters. The summed E-state index contributed by atoms with van der Waals surface area (Å²) in [5, 5.41) is 2.83. The molecular formula is C8H18N2O. The number of carbonyl (C=O) groups is 1. The van der Waals surface area contributed by atoms with Crippen LogP contribution in [0, 0.1) is 5.92 Å². The van der Waals surface area contributed by atoms with Crippen LogP contribution in [0.15, 0.2) is 0 Å². The van der Waals surface area contributed by atoms with E-state index in [2.05, 4.69) is 19.2 Å². The zero-order valence-corrected chi connectivity index (χ0v) is 7.85. The number of likely N-dealkylation sites (N-methyl/N-ethyl adjacent to an activating group) is 1. The number of nitrogens with zero attached hydrogens (tertiary/aromatic N) is 1. The van der Waals surface area contributed by atoms with Crippen molar-refractivity contribution in [3.8, 4) is 0 Å². The standard InChI is InChI=1S/C8H18N2O/c1-7(2)5-9-8(11)6-10(3)4/h7H,5-6H2,1-4H3,(H,9,11). The minimum absolute atomic E-state index is 0.101. The van der Waals surface area contributed by atoms with Gasteiger partial charge in [0.2, 0.25) is 5.91 Å². The Balaban J connectivity index is 3.38. The third-order valence-corrected chi connectivity index (χ3v) is 1.17. The van der Waals surface area contributed by atoms with Crippen molar-refractivity contribution in [1.82, 2.24) is 10.2 Å². The third kappa shape index (κ3) is 7.33. The Bertz CT molecular complexity index is 121. The lowest BCUT2D eigenvalue weighted by Gasteiger charge is -2.11. The molecule has 0 saturated heterocycles. The van der Waals surface area contributed by atoms with Gasteiger partial charge in [-0.25, -0.2) is 0 Å². The predicted octanol–water partition coefficient (Wildman–Crippen LogP) is 0.320. The number of hydrogen-bond donors (Lipinski definition) is 1. The second kappa shape index (κ2) is 5.13. The van der Waals surface area contributed by atoms with E-state index in [1.54, 1.807) is 0 Å². The van der Waals surface area contributed by atoms with Gasteiger partial charge in [0.05, 0.1) is 6.54 Å². The molecule has 0 unspecified atom stereocenters. The smallest absolute Gasteiger partial charge is 0.234 e. The molecule has 0 aromatic heterocycles. The highest BCUT2D eigenvalue weighted by Gasteiger charge is 2.02. The molecule has 0 fully saturated rings. The number of amides is 1. The second-order valence-corrected chi connectivity index (χ2v) is 3.44. The topological polar surface area (TPSA) is 32.3 Å². The lowest BCUT2D eigenvalue weighted by atomic mass is 10.2. The van der Waals surface area contributed by atoms with E-state index >= 15 is 0 Å². The molecule has 0 aliphatic heterocycles. The van der Waals surface area contributed by atoms with Crippen molar-refractivity contribution in [2.24, 2.45) is 5.92 Å². The van der Waals surface area contributed by atoms with E-state index in [-0.39, 0.29) is 5.91 Å². The average molecular weight is 158 g/mol. The third-order valence-electron chi connectivity index (χ3n) is 1.17. The van der Waals surface area contributed by atoms with Gasteiger partial charge in [-0.1, -0.05) is 13.8 Å². The fourth-order valence-corrected chi connectivity index (χ4v) is 0.661. The summed E-state index contributed by atoms with van der Waals surface area (Å²) >= 11 is 0. The molecule has 0 spiro atoms. The minimum Gasteiger partial charge on any atom is -0.355 e. The molecule has 0 saturated carbocycles. The Morgan fingerprint density at radius 3 is 2.36 bits per heavy atom. The SMILES string of the molecule is CC(C)CNC(=O)CN(C)C. The second-order valence-electron chi connectivity index (χ2n) is 3.44. The Labute approximate surface area is 68.8 Å². The van der Waals surface area contributed by atoms with E-state index in [0.29, 0.717) is 12.5 Å². The van der Waals surface area contributed by atoms with Crippen LogP contribution in [0.3, 0.4) is 0 Å².